The van der Waals surface area contributed by atoms with Crippen molar-refractivity contribution in [1.29, 1.82) is 0 Å². The predicted molar refractivity (Wildman–Crippen MR) is 130 cm³/mol. The van der Waals surface area contributed by atoms with Crippen LogP contribution >= 0.6 is 0 Å². The first-order valence-electron chi connectivity index (χ1n) is 11.3. The highest BCUT2D eigenvalue weighted by Gasteiger charge is 2.31. The number of piperazine rings is 1. The highest BCUT2D eigenvalue weighted by Crippen LogP contribution is 2.29. The number of fused-ring (bicyclic) bond motifs is 1. The quantitative estimate of drug-likeness (QED) is 0.580. The van der Waals surface area contributed by atoms with Crippen LogP contribution in [-0.4, -0.2) is 40.5 Å². The lowest BCUT2D eigenvalue weighted by atomic mass is 9.99. The van der Waals surface area contributed by atoms with Crippen molar-refractivity contribution in [3.63, 3.8) is 0 Å². The number of allylic oxidation sites excluding steroid dienone is 1. The fourth-order valence-corrected chi connectivity index (χ4v) is 4.50. The molecule has 1 saturated heterocycles. The van der Waals surface area contributed by atoms with Crippen LogP contribution < -0.4 is 10.2 Å². The highest BCUT2D eigenvalue weighted by atomic mass is 15.4. The first-order chi connectivity index (χ1) is 15.1. The molecule has 2 aromatic carbocycles. The fourth-order valence-electron chi connectivity index (χ4n) is 4.50. The molecule has 31 heavy (non-hydrogen) atoms. The number of aryl methyl sites for hydroxylation is 1. The second-order valence-electron chi connectivity index (χ2n) is 8.63. The number of anilines is 2. The summed E-state index contributed by atoms with van der Waals surface area (Å²) < 4.78 is 0. The van der Waals surface area contributed by atoms with E-state index in [0.29, 0.717) is 12.0 Å². The second-order valence-corrected chi connectivity index (χ2v) is 8.63. The summed E-state index contributed by atoms with van der Waals surface area (Å²) in [7, 11) is 0. The van der Waals surface area contributed by atoms with Crippen molar-refractivity contribution >= 4 is 22.3 Å². The van der Waals surface area contributed by atoms with E-state index < -0.39 is 0 Å². The SMILES string of the molecule is CCC=C(Nc1cccc2ccccc12)N1CCN(c2ncncc2C)CC1C(C)C. The largest absolute Gasteiger partial charge is 0.352 e. The van der Waals surface area contributed by atoms with E-state index in [9.17, 15) is 0 Å². The van der Waals surface area contributed by atoms with E-state index in [2.05, 4.69) is 101 Å². The number of benzene rings is 2. The minimum Gasteiger partial charge on any atom is -0.352 e. The van der Waals surface area contributed by atoms with Crippen LogP contribution in [0.25, 0.3) is 10.8 Å². The number of rotatable bonds is 6. The number of aromatic nitrogens is 2. The van der Waals surface area contributed by atoms with Crippen LogP contribution in [0.15, 0.2) is 66.9 Å². The Hall–Kier alpha value is -3.08. The minimum atomic E-state index is 0.392. The van der Waals surface area contributed by atoms with Gasteiger partial charge in [0.25, 0.3) is 0 Å². The Balaban J connectivity index is 1.62. The zero-order valence-electron chi connectivity index (χ0n) is 19.0. The van der Waals surface area contributed by atoms with Crippen LogP contribution in [0.5, 0.6) is 0 Å². The van der Waals surface area contributed by atoms with E-state index in [0.717, 1.165) is 43.1 Å². The topological polar surface area (TPSA) is 44.3 Å². The van der Waals surface area contributed by atoms with Crippen molar-refractivity contribution < 1.29 is 0 Å². The average molecular weight is 416 g/mol. The van der Waals surface area contributed by atoms with E-state index in [1.165, 1.54) is 16.6 Å². The normalized spacial score (nSPS) is 17.5. The first kappa shape index (κ1) is 21.2. The summed E-state index contributed by atoms with van der Waals surface area (Å²) in [6.45, 7) is 11.8. The van der Waals surface area contributed by atoms with Gasteiger partial charge in [-0.1, -0.05) is 57.2 Å². The summed E-state index contributed by atoms with van der Waals surface area (Å²) in [5.74, 6) is 2.78. The monoisotopic (exact) mass is 415 g/mol. The Bertz CT molecular complexity index is 1050. The Labute approximate surface area is 185 Å². The van der Waals surface area contributed by atoms with Crippen LogP contribution in [0.4, 0.5) is 11.5 Å². The molecular formula is C26H33N5. The lowest BCUT2D eigenvalue weighted by molar-refractivity contribution is 0.182. The van der Waals surface area contributed by atoms with Crippen molar-refractivity contribution in [2.45, 2.75) is 40.2 Å². The first-order valence-corrected chi connectivity index (χ1v) is 11.3. The molecule has 0 bridgehead atoms. The standard InChI is InChI=1S/C26H33N5/c1-5-9-25(29-23-13-8-11-21-10-6-7-12-22(21)23)31-15-14-30(17-24(31)19(2)3)26-20(4)16-27-18-28-26/h6-13,16,18-19,24,29H,5,14-15,17H2,1-4H3. The molecule has 1 aliphatic heterocycles. The maximum atomic E-state index is 4.57. The average Bonchev–Trinajstić information content (AvgIpc) is 2.79. The van der Waals surface area contributed by atoms with Crippen molar-refractivity contribution in [2.24, 2.45) is 5.92 Å². The summed E-state index contributed by atoms with van der Waals surface area (Å²) in [6.07, 6.45) is 6.87. The van der Waals surface area contributed by atoms with Crippen LogP contribution in [-0.2, 0) is 0 Å². The molecule has 1 fully saturated rings. The van der Waals surface area contributed by atoms with Gasteiger partial charge in [0.05, 0.1) is 6.04 Å². The number of hydrogen-bond donors (Lipinski definition) is 1. The Morgan fingerprint density at radius 2 is 1.97 bits per heavy atom. The Kier molecular flexibility index (Phi) is 6.40. The molecule has 0 amide bonds. The van der Waals surface area contributed by atoms with Crippen LogP contribution in [0.2, 0.25) is 0 Å². The van der Waals surface area contributed by atoms with Crippen LogP contribution in [0.3, 0.4) is 0 Å². The van der Waals surface area contributed by atoms with Gasteiger partial charge < -0.3 is 15.1 Å². The Morgan fingerprint density at radius 3 is 2.74 bits per heavy atom. The molecule has 1 N–H and O–H groups in total. The molecule has 0 spiro atoms. The molecule has 5 heteroatoms. The summed E-state index contributed by atoms with van der Waals surface area (Å²) in [4.78, 5) is 13.7. The van der Waals surface area contributed by atoms with Gasteiger partial charge in [-0.05, 0) is 36.8 Å². The molecule has 1 atom stereocenters. The minimum absolute atomic E-state index is 0.392. The molecule has 0 radical (unpaired) electrons. The lowest BCUT2D eigenvalue weighted by Gasteiger charge is -2.46. The van der Waals surface area contributed by atoms with Gasteiger partial charge in [-0.25, -0.2) is 9.97 Å². The van der Waals surface area contributed by atoms with E-state index in [1.807, 2.05) is 6.20 Å². The van der Waals surface area contributed by atoms with Crippen molar-refractivity contribution in [3.05, 3.63) is 72.4 Å². The van der Waals surface area contributed by atoms with E-state index in [1.54, 1.807) is 6.33 Å². The van der Waals surface area contributed by atoms with Crippen molar-refractivity contribution in [3.8, 4) is 0 Å². The van der Waals surface area contributed by atoms with Gasteiger partial charge in [0, 0.05) is 42.5 Å². The summed E-state index contributed by atoms with van der Waals surface area (Å²) >= 11 is 0. The van der Waals surface area contributed by atoms with Gasteiger partial charge in [0.2, 0.25) is 0 Å². The van der Waals surface area contributed by atoms with Crippen LogP contribution in [0, 0.1) is 12.8 Å². The number of hydrogen-bond acceptors (Lipinski definition) is 5. The third-order valence-corrected chi connectivity index (χ3v) is 6.11. The second kappa shape index (κ2) is 9.38. The summed E-state index contributed by atoms with van der Waals surface area (Å²) in [6, 6.07) is 15.4. The molecule has 3 aromatic rings. The Morgan fingerprint density at radius 1 is 1.16 bits per heavy atom. The van der Waals surface area contributed by atoms with Crippen LogP contribution in [0.1, 0.15) is 32.8 Å². The molecular weight excluding hydrogens is 382 g/mol. The van der Waals surface area contributed by atoms with E-state index in [4.69, 9.17) is 0 Å². The third kappa shape index (κ3) is 4.50. The molecule has 1 unspecified atom stereocenters. The fraction of sp³-hybridized carbons (Fsp3) is 0.385. The zero-order chi connectivity index (χ0) is 21.8. The summed E-state index contributed by atoms with van der Waals surface area (Å²) in [5.41, 5.74) is 2.30. The van der Waals surface area contributed by atoms with Crippen molar-refractivity contribution in [1.82, 2.24) is 14.9 Å². The highest BCUT2D eigenvalue weighted by molar-refractivity contribution is 5.94. The van der Waals surface area contributed by atoms with Gasteiger partial charge in [0.1, 0.15) is 18.0 Å². The molecule has 162 valence electrons. The molecule has 4 rings (SSSR count). The van der Waals surface area contributed by atoms with Gasteiger partial charge in [-0.2, -0.15) is 0 Å². The maximum Gasteiger partial charge on any atom is 0.134 e. The van der Waals surface area contributed by atoms with Gasteiger partial charge in [-0.3, -0.25) is 0 Å². The number of nitrogens with one attached hydrogen (secondary N) is 1. The van der Waals surface area contributed by atoms with Gasteiger partial charge in [0.15, 0.2) is 0 Å². The van der Waals surface area contributed by atoms with E-state index in [-0.39, 0.29) is 0 Å². The molecule has 1 aliphatic rings. The molecule has 2 heterocycles. The van der Waals surface area contributed by atoms with Gasteiger partial charge in [-0.15, -0.1) is 0 Å². The molecule has 1 aromatic heterocycles. The van der Waals surface area contributed by atoms with Gasteiger partial charge >= 0.3 is 0 Å². The zero-order valence-corrected chi connectivity index (χ0v) is 19.0. The third-order valence-electron chi connectivity index (χ3n) is 6.11. The molecule has 0 saturated carbocycles. The smallest absolute Gasteiger partial charge is 0.134 e. The maximum absolute atomic E-state index is 4.57. The summed E-state index contributed by atoms with van der Waals surface area (Å²) in [5, 5.41) is 6.30. The lowest BCUT2D eigenvalue weighted by Crippen LogP contribution is -2.56. The molecule has 0 aliphatic carbocycles. The predicted octanol–water partition coefficient (Wildman–Crippen LogP) is 5.45. The molecule has 5 nitrogen and oxygen atoms in total. The van der Waals surface area contributed by atoms with E-state index >= 15 is 0 Å². The number of nitrogens with zero attached hydrogens (tertiary/aromatic N) is 4. The van der Waals surface area contributed by atoms with Crippen molar-refractivity contribution in [2.75, 3.05) is 29.9 Å².